The van der Waals surface area contributed by atoms with Crippen molar-refractivity contribution in [2.24, 2.45) is 5.73 Å². The highest BCUT2D eigenvalue weighted by Gasteiger charge is 2.22. The van der Waals surface area contributed by atoms with Gasteiger partial charge in [0.15, 0.2) is 0 Å². The Balaban J connectivity index is 2.33. The highest BCUT2D eigenvalue weighted by Crippen LogP contribution is 2.27. The minimum Gasteiger partial charge on any atom is -0.320 e. The molecule has 1 amide bonds. The van der Waals surface area contributed by atoms with Crippen LogP contribution in [-0.2, 0) is 4.79 Å². The molecule has 0 heterocycles. The summed E-state index contributed by atoms with van der Waals surface area (Å²) in [4.78, 5) is 14.4. The molecule has 0 unspecified atom stereocenters. The lowest BCUT2D eigenvalue weighted by Gasteiger charge is -2.25. The fourth-order valence-electron chi connectivity index (χ4n) is 2.46. The molecule has 0 fully saturated rings. The van der Waals surface area contributed by atoms with E-state index in [1.54, 1.807) is 16.7 Å². The van der Waals surface area contributed by atoms with Gasteiger partial charge < -0.3 is 10.6 Å². The molecular formula is C17H22N2OS. The van der Waals surface area contributed by atoms with Crippen molar-refractivity contribution in [2.45, 2.75) is 19.4 Å². The molecule has 2 aromatic carbocycles. The molecule has 112 valence electrons. The van der Waals surface area contributed by atoms with Crippen molar-refractivity contribution in [3.8, 4) is 0 Å². The molecule has 0 aliphatic heterocycles. The molecule has 0 aliphatic rings. The number of carbonyl (C=O) groups excluding carboxylic acids is 1. The molecular weight excluding hydrogens is 280 g/mol. The number of benzene rings is 2. The third-order valence-corrected chi connectivity index (χ3v) is 4.23. The second kappa shape index (κ2) is 7.48. The monoisotopic (exact) mass is 302 g/mol. The summed E-state index contributed by atoms with van der Waals surface area (Å²) in [6.07, 6.45) is 2.74. The van der Waals surface area contributed by atoms with Crippen LogP contribution in [0.4, 0.5) is 5.69 Å². The Morgan fingerprint density at radius 2 is 1.95 bits per heavy atom. The number of anilines is 1. The van der Waals surface area contributed by atoms with Crippen LogP contribution in [0.25, 0.3) is 10.8 Å². The van der Waals surface area contributed by atoms with Gasteiger partial charge in [0.1, 0.15) is 0 Å². The fourth-order valence-corrected chi connectivity index (χ4v) is 2.95. The highest BCUT2D eigenvalue weighted by molar-refractivity contribution is 7.98. The topological polar surface area (TPSA) is 46.3 Å². The number of hydrogen-bond donors (Lipinski definition) is 1. The fraction of sp³-hybridized carbons (Fsp3) is 0.353. The first kappa shape index (κ1) is 15.9. The number of hydrogen-bond acceptors (Lipinski definition) is 3. The molecule has 0 aliphatic carbocycles. The van der Waals surface area contributed by atoms with E-state index in [1.165, 1.54) is 0 Å². The number of nitrogens with two attached hydrogens (primary N) is 1. The predicted octanol–water partition coefficient (Wildman–Crippen LogP) is 3.27. The molecule has 1 atom stereocenters. The summed E-state index contributed by atoms with van der Waals surface area (Å²) in [6, 6.07) is 13.7. The lowest BCUT2D eigenvalue weighted by molar-refractivity contribution is -0.119. The minimum absolute atomic E-state index is 0.00269. The second-order valence-electron chi connectivity index (χ2n) is 4.97. The summed E-state index contributed by atoms with van der Waals surface area (Å²) >= 11 is 1.71. The zero-order valence-electron chi connectivity index (χ0n) is 12.6. The summed E-state index contributed by atoms with van der Waals surface area (Å²) in [7, 11) is 0. The van der Waals surface area contributed by atoms with Crippen LogP contribution in [0.2, 0.25) is 0 Å². The third kappa shape index (κ3) is 3.57. The summed E-state index contributed by atoms with van der Waals surface area (Å²) in [5, 5.41) is 2.23. The van der Waals surface area contributed by atoms with Gasteiger partial charge in [0.25, 0.3) is 0 Å². The predicted molar refractivity (Wildman–Crippen MR) is 92.9 cm³/mol. The molecule has 0 aromatic heterocycles. The molecule has 0 spiro atoms. The van der Waals surface area contributed by atoms with Gasteiger partial charge in [-0.15, -0.1) is 0 Å². The first-order valence-corrected chi connectivity index (χ1v) is 8.62. The summed E-state index contributed by atoms with van der Waals surface area (Å²) < 4.78 is 0. The lowest BCUT2D eigenvalue weighted by atomic mass is 10.1. The maximum absolute atomic E-state index is 12.6. The Morgan fingerprint density at radius 1 is 1.24 bits per heavy atom. The summed E-state index contributed by atoms with van der Waals surface area (Å²) in [5.74, 6) is 0.905. The summed E-state index contributed by atoms with van der Waals surface area (Å²) in [5.41, 5.74) is 7.00. The van der Waals surface area contributed by atoms with Crippen molar-refractivity contribution in [2.75, 3.05) is 23.5 Å². The maximum atomic E-state index is 12.6. The largest absolute Gasteiger partial charge is 0.320 e. The highest BCUT2D eigenvalue weighted by atomic mass is 32.2. The Kier molecular flexibility index (Phi) is 5.65. The van der Waals surface area contributed by atoms with Crippen molar-refractivity contribution in [1.82, 2.24) is 0 Å². The number of nitrogens with zero attached hydrogens (tertiary/aromatic N) is 1. The van der Waals surface area contributed by atoms with Crippen LogP contribution in [0.15, 0.2) is 42.5 Å². The second-order valence-corrected chi connectivity index (χ2v) is 5.95. The van der Waals surface area contributed by atoms with Gasteiger partial charge in [0.2, 0.25) is 5.91 Å². The Bertz CT molecular complexity index is 609. The Labute approximate surface area is 130 Å². The average molecular weight is 302 g/mol. The van der Waals surface area contributed by atoms with Crippen molar-refractivity contribution < 1.29 is 4.79 Å². The van der Waals surface area contributed by atoms with Crippen LogP contribution < -0.4 is 10.6 Å². The van der Waals surface area contributed by atoms with Crippen LogP contribution in [0, 0.1) is 0 Å². The Hall–Kier alpha value is -1.52. The molecule has 0 saturated carbocycles. The molecule has 2 N–H and O–H groups in total. The third-order valence-electron chi connectivity index (χ3n) is 3.59. The zero-order valence-corrected chi connectivity index (χ0v) is 13.4. The number of fused-ring (bicyclic) bond motifs is 1. The van der Waals surface area contributed by atoms with Crippen LogP contribution in [0.1, 0.15) is 13.3 Å². The molecule has 3 nitrogen and oxygen atoms in total. The van der Waals surface area contributed by atoms with E-state index in [4.69, 9.17) is 5.73 Å². The van der Waals surface area contributed by atoms with Gasteiger partial charge in [-0.25, -0.2) is 0 Å². The smallest absolute Gasteiger partial charge is 0.243 e. The van der Waals surface area contributed by atoms with Gasteiger partial charge >= 0.3 is 0 Å². The van der Waals surface area contributed by atoms with E-state index in [0.717, 1.165) is 22.2 Å². The molecule has 21 heavy (non-hydrogen) atoms. The van der Waals surface area contributed by atoms with Crippen LogP contribution >= 0.6 is 11.8 Å². The van der Waals surface area contributed by atoms with Crippen LogP contribution in [0.5, 0.6) is 0 Å². The van der Waals surface area contributed by atoms with Crippen molar-refractivity contribution in [3.63, 3.8) is 0 Å². The quantitative estimate of drug-likeness (QED) is 0.891. The molecule has 0 saturated heterocycles. The van der Waals surface area contributed by atoms with E-state index in [-0.39, 0.29) is 5.91 Å². The van der Waals surface area contributed by atoms with Gasteiger partial charge in [0, 0.05) is 11.9 Å². The number of rotatable bonds is 6. The summed E-state index contributed by atoms with van der Waals surface area (Å²) in [6.45, 7) is 2.61. The number of amides is 1. The number of thioether (sulfide) groups is 1. The van der Waals surface area contributed by atoms with E-state index in [1.807, 2.05) is 43.5 Å². The first-order chi connectivity index (χ1) is 10.2. The van der Waals surface area contributed by atoms with E-state index in [9.17, 15) is 4.79 Å². The van der Waals surface area contributed by atoms with Crippen molar-refractivity contribution in [1.29, 1.82) is 0 Å². The number of likely N-dealkylation sites (N-methyl/N-ethyl adjacent to an activating group) is 1. The van der Waals surface area contributed by atoms with E-state index in [2.05, 4.69) is 12.1 Å². The molecule has 2 aromatic rings. The van der Waals surface area contributed by atoms with Gasteiger partial charge in [0.05, 0.1) is 11.7 Å². The van der Waals surface area contributed by atoms with Crippen molar-refractivity contribution >= 4 is 34.1 Å². The molecule has 4 heteroatoms. The van der Waals surface area contributed by atoms with Crippen LogP contribution in [0.3, 0.4) is 0 Å². The van der Waals surface area contributed by atoms with Crippen molar-refractivity contribution in [3.05, 3.63) is 42.5 Å². The van der Waals surface area contributed by atoms with Crippen LogP contribution in [-0.4, -0.2) is 30.5 Å². The van der Waals surface area contributed by atoms with E-state index < -0.39 is 6.04 Å². The number of carbonyl (C=O) groups is 1. The van der Waals surface area contributed by atoms with E-state index in [0.29, 0.717) is 13.0 Å². The Morgan fingerprint density at radius 3 is 2.67 bits per heavy atom. The van der Waals surface area contributed by atoms with Gasteiger partial charge in [-0.2, -0.15) is 11.8 Å². The average Bonchev–Trinajstić information content (AvgIpc) is 2.53. The lowest BCUT2D eigenvalue weighted by Crippen LogP contribution is -2.44. The molecule has 0 radical (unpaired) electrons. The molecule has 2 rings (SSSR count). The van der Waals surface area contributed by atoms with E-state index >= 15 is 0 Å². The SMILES string of the molecule is CCN(C(=O)[C@H](N)CCSC)c1cccc2ccccc12. The first-order valence-electron chi connectivity index (χ1n) is 7.22. The molecule has 0 bridgehead atoms. The standard InChI is InChI=1S/C17H22N2OS/c1-3-19(17(20)15(18)11-12-21-2)16-10-6-8-13-7-4-5-9-14(13)16/h4-10,15H,3,11-12,18H2,1-2H3/t15-/m1/s1. The van der Waals surface area contributed by atoms with Gasteiger partial charge in [-0.1, -0.05) is 36.4 Å². The van der Waals surface area contributed by atoms with Gasteiger partial charge in [-0.3, -0.25) is 4.79 Å². The normalized spacial score (nSPS) is 12.3. The zero-order chi connectivity index (χ0) is 15.2. The minimum atomic E-state index is -0.434. The van der Waals surface area contributed by atoms with Gasteiger partial charge in [-0.05, 0) is 36.8 Å². The maximum Gasteiger partial charge on any atom is 0.243 e.